The van der Waals surface area contributed by atoms with Gasteiger partial charge >= 0.3 is 10.1 Å². The number of benzene rings is 2. The molecule has 0 saturated heterocycles. The van der Waals surface area contributed by atoms with Gasteiger partial charge in [0.05, 0.1) is 5.75 Å². The van der Waals surface area contributed by atoms with E-state index in [-0.39, 0.29) is 5.75 Å². The molecule has 0 heterocycles. The van der Waals surface area contributed by atoms with Crippen molar-refractivity contribution in [3.05, 3.63) is 64.6 Å². The van der Waals surface area contributed by atoms with Crippen LogP contribution in [0.1, 0.15) is 5.56 Å². The number of rotatable bonds is 7. The molecule has 118 valence electrons. The van der Waals surface area contributed by atoms with Gasteiger partial charge in [0.15, 0.2) is 0 Å². The van der Waals surface area contributed by atoms with Gasteiger partial charge in [0.2, 0.25) is 0 Å². The lowest BCUT2D eigenvalue weighted by Gasteiger charge is -2.16. The number of hydrogen-bond donors (Lipinski definition) is 0. The monoisotopic (exact) mass is 383 g/mol. The highest BCUT2D eigenvalue weighted by atomic mass is 79.9. The molecule has 0 radical (unpaired) electrons. The summed E-state index contributed by atoms with van der Waals surface area (Å²) in [4.78, 5) is 1.95. The molecule has 0 N–H and O–H groups in total. The molecule has 4 nitrogen and oxygen atoms in total. The van der Waals surface area contributed by atoms with Gasteiger partial charge in [-0.15, -0.1) is 0 Å². The van der Waals surface area contributed by atoms with Crippen LogP contribution in [-0.4, -0.2) is 32.7 Å². The van der Waals surface area contributed by atoms with E-state index in [0.29, 0.717) is 18.8 Å². The van der Waals surface area contributed by atoms with Gasteiger partial charge in [-0.05, 0) is 36.9 Å². The zero-order valence-corrected chi connectivity index (χ0v) is 14.7. The van der Waals surface area contributed by atoms with E-state index in [1.165, 1.54) is 0 Å². The molecule has 6 heteroatoms. The fourth-order valence-electron chi connectivity index (χ4n) is 1.91. The Kier molecular flexibility index (Phi) is 5.99. The molecule has 0 atom stereocenters. The third-order valence-corrected chi connectivity index (χ3v) is 4.71. The topological polar surface area (TPSA) is 46.6 Å². The minimum absolute atomic E-state index is 0.0467. The molecule has 2 aromatic rings. The van der Waals surface area contributed by atoms with E-state index in [2.05, 4.69) is 15.9 Å². The van der Waals surface area contributed by atoms with Crippen molar-refractivity contribution in [1.29, 1.82) is 0 Å². The third kappa shape index (κ3) is 5.79. The van der Waals surface area contributed by atoms with Crippen molar-refractivity contribution < 1.29 is 12.6 Å². The van der Waals surface area contributed by atoms with Crippen LogP contribution in [0.15, 0.2) is 59.1 Å². The second-order valence-corrected chi connectivity index (χ2v) is 7.63. The van der Waals surface area contributed by atoms with Crippen LogP contribution in [0.5, 0.6) is 5.75 Å². The first-order chi connectivity index (χ1) is 10.4. The summed E-state index contributed by atoms with van der Waals surface area (Å²) in [5.41, 5.74) is 1.13. The maximum absolute atomic E-state index is 11.9. The Balaban J connectivity index is 1.84. The Morgan fingerprint density at radius 3 is 2.32 bits per heavy atom. The second kappa shape index (κ2) is 7.76. The lowest BCUT2D eigenvalue weighted by molar-refractivity contribution is 0.342. The highest BCUT2D eigenvalue weighted by Gasteiger charge is 2.14. The van der Waals surface area contributed by atoms with E-state index in [1.54, 1.807) is 24.3 Å². The number of para-hydroxylation sites is 1. The lowest BCUT2D eigenvalue weighted by atomic mass is 10.2. The molecule has 0 bridgehead atoms. The van der Waals surface area contributed by atoms with Gasteiger partial charge in [-0.2, -0.15) is 8.42 Å². The first-order valence-corrected chi connectivity index (χ1v) is 9.22. The molecule has 0 amide bonds. The molecule has 0 aliphatic rings. The number of hydrogen-bond acceptors (Lipinski definition) is 4. The van der Waals surface area contributed by atoms with Crippen LogP contribution in [0.4, 0.5) is 0 Å². The van der Waals surface area contributed by atoms with Crippen LogP contribution < -0.4 is 4.18 Å². The molecule has 0 unspecified atom stereocenters. The third-order valence-electron chi connectivity index (χ3n) is 3.06. The Labute approximate surface area is 140 Å². The summed E-state index contributed by atoms with van der Waals surface area (Å²) in [6, 6.07) is 16.5. The Morgan fingerprint density at radius 2 is 1.68 bits per heavy atom. The molecule has 22 heavy (non-hydrogen) atoms. The average Bonchev–Trinajstić information content (AvgIpc) is 2.48. The summed E-state index contributed by atoms with van der Waals surface area (Å²) in [6.45, 7) is 1.10. The van der Waals surface area contributed by atoms with E-state index in [4.69, 9.17) is 4.18 Å². The summed E-state index contributed by atoms with van der Waals surface area (Å²) in [5.74, 6) is 0.299. The average molecular weight is 384 g/mol. The minimum Gasteiger partial charge on any atom is -0.382 e. The Bertz CT molecular complexity index is 687. The van der Waals surface area contributed by atoms with Crippen molar-refractivity contribution in [2.45, 2.75) is 6.54 Å². The van der Waals surface area contributed by atoms with E-state index in [1.807, 2.05) is 42.3 Å². The van der Waals surface area contributed by atoms with Crippen LogP contribution in [-0.2, 0) is 16.7 Å². The van der Waals surface area contributed by atoms with Crippen LogP contribution in [0.3, 0.4) is 0 Å². The summed E-state index contributed by atoms with van der Waals surface area (Å²) in [6.07, 6.45) is 0. The van der Waals surface area contributed by atoms with Crippen LogP contribution in [0.2, 0.25) is 0 Å². The van der Waals surface area contributed by atoms with Crippen molar-refractivity contribution >= 4 is 26.0 Å². The molecule has 0 aromatic heterocycles. The predicted molar refractivity (Wildman–Crippen MR) is 91.3 cm³/mol. The summed E-state index contributed by atoms with van der Waals surface area (Å²) < 4.78 is 30.0. The molecule has 0 fully saturated rings. The maximum atomic E-state index is 11.9. The highest BCUT2D eigenvalue weighted by molar-refractivity contribution is 9.10. The van der Waals surface area contributed by atoms with E-state index >= 15 is 0 Å². The summed E-state index contributed by atoms with van der Waals surface area (Å²) >= 11 is 3.39. The Hall–Kier alpha value is -1.37. The first kappa shape index (κ1) is 17.0. The van der Waals surface area contributed by atoms with Crippen LogP contribution in [0, 0.1) is 0 Å². The summed E-state index contributed by atoms with van der Waals surface area (Å²) in [7, 11) is -1.69. The van der Waals surface area contributed by atoms with E-state index in [9.17, 15) is 8.42 Å². The SMILES string of the molecule is CN(CCS(=O)(=O)Oc1ccccc1)Cc1ccc(Br)cc1. The first-order valence-electron chi connectivity index (χ1n) is 6.85. The minimum atomic E-state index is -3.58. The normalized spacial score (nSPS) is 11.6. The molecular weight excluding hydrogens is 366 g/mol. The van der Waals surface area contributed by atoms with Gasteiger partial charge in [0, 0.05) is 17.6 Å². The van der Waals surface area contributed by atoms with Gasteiger partial charge in [-0.3, -0.25) is 0 Å². The quantitative estimate of drug-likeness (QED) is 0.688. The fraction of sp³-hybridized carbons (Fsp3) is 0.250. The Morgan fingerprint density at radius 1 is 1.05 bits per heavy atom. The number of nitrogens with zero attached hydrogens (tertiary/aromatic N) is 1. The zero-order valence-electron chi connectivity index (χ0n) is 12.3. The van der Waals surface area contributed by atoms with Crippen LogP contribution >= 0.6 is 15.9 Å². The second-order valence-electron chi connectivity index (χ2n) is 5.02. The van der Waals surface area contributed by atoms with Crippen molar-refractivity contribution in [2.24, 2.45) is 0 Å². The smallest absolute Gasteiger partial charge is 0.310 e. The van der Waals surface area contributed by atoms with Gasteiger partial charge < -0.3 is 9.08 Å². The van der Waals surface area contributed by atoms with Gasteiger partial charge in [-0.1, -0.05) is 46.3 Å². The molecule has 0 saturated carbocycles. The predicted octanol–water partition coefficient (Wildman–Crippen LogP) is 3.29. The van der Waals surface area contributed by atoms with E-state index in [0.717, 1.165) is 10.0 Å². The maximum Gasteiger partial charge on any atom is 0.310 e. The van der Waals surface area contributed by atoms with Crippen LogP contribution in [0.25, 0.3) is 0 Å². The number of halogens is 1. The molecular formula is C16H18BrNO3S. The molecule has 0 aliphatic heterocycles. The van der Waals surface area contributed by atoms with Gasteiger partial charge in [0.25, 0.3) is 0 Å². The molecule has 2 rings (SSSR count). The van der Waals surface area contributed by atoms with Crippen molar-refractivity contribution in [1.82, 2.24) is 4.90 Å². The van der Waals surface area contributed by atoms with Gasteiger partial charge in [-0.25, -0.2) is 0 Å². The van der Waals surface area contributed by atoms with Crippen molar-refractivity contribution in [3.8, 4) is 5.75 Å². The standard InChI is InChI=1S/C16H18BrNO3S/c1-18(13-14-7-9-15(17)10-8-14)11-12-22(19,20)21-16-5-3-2-4-6-16/h2-10H,11-13H2,1H3. The zero-order chi connectivity index (χ0) is 16.0. The largest absolute Gasteiger partial charge is 0.382 e. The van der Waals surface area contributed by atoms with Crippen molar-refractivity contribution in [3.63, 3.8) is 0 Å². The van der Waals surface area contributed by atoms with E-state index < -0.39 is 10.1 Å². The van der Waals surface area contributed by atoms with Crippen molar-refractivity contribution in [2.75, 3.05) is 19.3 Å². The lowest BCUT2D eigenvalue weighted by Crippen LogP contribution is -2.27. The summed E-state index contributed by atoms with van der Waals surface area (Å²) in [5, 5.41) is 0. The highest BCUT2D eigenvalue weighted by Crippen LogP contribution is 2.13. The molecule has 0 spiro atoms. The van der Waals surface area contributed by atoms with Gasteiger partial charge in [0.1, 0.15) is 5.75 Å². The fourth-order valence-corrected chi connectivity index (χ4v) is 3.20. The molecule has 2 aromatic carbocycles. The molecule has 0 aliphatic carbocycles.